The van der Waals surface area contributed by atoms with Crippen LogP contribution in [-0.4, -0.2) is 19.3 Å². The van der Waals surface area contributed by atoms with Crippen LogP contribution in [0.1, 0.15) is 19.3 Å². The minimum atomic E-state index is -0.345. The van der Waals surface area contributed by atoms with Crippen molar-refractivity contribution in [3.63, 3.8) is 0 Å². The van der Waals surface area contributed by atoms with E-state index >= 15 is 0 Å². The predicted octanol–water partition coefficient (Wildman–Crippen LogP) is 3.15. The third kappa shape index (κ3) is 3.33. The zero-order valence-electron chi connectivity index (χ0n) is 9.51. The van der Waals surface area contributed by atoms with E-state index in [1.54, 1.807) is 6.07 Å². The molecule has 94 valence electrons. The lowest BCUT2D eigenvalue weighted by Crippen LogP contribution is -2.27. The van der Waals surface area contributed by atoms with Crippen molar-refractivity contribution in [2.24, 2.45) is 0 Å². The van der Waals surface area contributed by atoms with Crippen LogP contribution in [0.2, 0.25) is 0 Å². The molecule has 3 nitrogen and oxygen atoms in total. The SMILES string of the molecule is Nc1cc(F)c(Br)cc1NCC1CCCCO1. The van der Waals surface area contributed by atoms with Crippen LogP contribution in [0, 0.1) is 5.82 Å². The molecular formula is C12H16BrFN2O. The van der Waals surface area contributed by atoms with Gasteiger partial charge in [0.25, 0.3) is 0 Å². The Morgan fingerprint density at radius 1 is 1.47 bits per heavy atom. The number of rotatable bonds is 3. The van der Waals surface area contributed by atoms with Crippen LogP contribution >= 0.6 is 15.9 Å². The van der Waals surface area contributed by atoms with Crippen molar-refractivity contribution in [1.82, 2.24) is 0 Å². The average molecular weight is 303 g/mol. The molecule has 0 spiro atoms. The Bertz CT molecular complexity index is 394. The second kappa shape index (κ2) is 5.69. The minimum Gasteiger partial charge on any atom is -0.397 e. The molecule has 0 aromatic heterocycles. The highest BCUT2D eigenvalue weighted by atomic mass is 79.9. The second-order valence-corrected chi connectivity index (χ2v) is 5.08. The highest BCUT2D eigenvalue weighted by Crippen LogP contribution is 2.27. The Kier molecular flexibility index (Phi) is 4.23. The van der Waals surface area contributed by atoms with Gasteiger partial charge in [-0.15, -0.1) is 0 Å². The number of nitrogens with two attached hydrogens (primary N) is 1. The predicted molar refractivity (Wildman–Crippen MR) is 70.6 cm³/mol. The standard InChI is InChI=1S/C12H16BrFN2O/c13-9-5-12(11(15)6-10(9)14)16-7-8-3-1-2-4-17-8/h5-6,8,16H,1-4,7,15H2. The maximum Gasteiger partial charge on any atom is 0.139 e. The van der Waals surface area contributed by atoms with E-state index in [1.165, 1.54) is 12.5 Å². The van der Waals surface area contributed by atoms with E-state index in [-0.39, 0.29) is 11.9 Å². The van der Waals surface area contributed by atoms with Crippen LogP contribution in [0.15, 0.2) is 16.6 Å². The van der Waals surface area contributed by atoms with Crippen molar-refractivity contribution in [2.75, 3.05) is 24.2 Å². The van der Waals surface area contributed by atoms with Crippen molar-refractivity contribution in [1.29, 1.82) is 0 Å². The van der Waals surface area contributed by atoms with Crippen molar-refractivity contribution < 1.29 is 9.13 Å². The number of benzene rings is 1. The Morgan fingerprint density at radius 3 is 3.00 bits per heavy atom. The van der Waals surface area contributed by atoms with Crippen molar-refractivity contribution in [3.8, 4) is 0 Å². The summed E-state index contributed by atoms with van der Waals surface area (Å²) < 4.78 is 19.2. The Labute approximate surface area is 109 Å². The largest absolute Gasteiger partial charge is 0.397 e. The highest BCUT2D eigenvalue weighted by Gasteiger charge is 2.14. The van der Waals surface area contributed by atoms with E-state index in [0.717, 1.165) is 25.1 Å². The zero-order valence-corrected chi connectivity index (χ0v) is 11.1. The molecule has 1 atom stereocenters. The molecule has 2 rings (SSSR count). The lowest BCUT2D eigenvalue weighted by molar-refractivity contribution is 0.0248. The Morgan fingerprint density at radius 2 is 2.29 bits per heavy atom. The summed E-state index contributed by atoms with van der Waals surface area (Å²) in [7, 11) is 0. The molecule has 0 radical (unpaired) electrons. The number of nitrogen functional groups attached to an aromatic ring is 1. The average Bonchev–Trinajstić information content (AvgIpc) is 2.33. The zero-order chi connectivity index (χ0) is 12.3. The molecule has 17 heavy (non-hydrogen) atoms. The summed E-state index contributed by atoms with van der Waals surface area (Å²) in [6.07, 6.45) is 3.64. The topological polar surface area (TPSA) is 47.3 Å². The molecule has 0 amide bonds. The minimum absolute atomic E-state index is 0.229. The van der Waals surface area contributed by atoms with Gasteiger partial charge in [-0.05, 0) is 41.3 Å². The number of ether oxygens (including phenoxy) is 1. The monoisotopic (exact) mass is 302 g/mol. The van der Waals surface area contributed by atoms with Gasteiger partial charge in [-0.1, -0.05) is 0 Å². The van der Waals surface area contributed by atoms with E-state index in [4.69, 9.17) is 10.5 Å². The van der Waals surface area contributed by atoms with Crippen LogP contribution in [0.5, 0.6) is 0 Å². The van der Waals surface area contributed by atoms with Gasteiger partial charge in [0.15, 0.2) is 0 Å². The third-order valence-electron chi connectivity index (χ3n) is 2.89. The fourth-order valence-corrected chi connectivity index (χ4v) is 2.25. The summed E-state index contributed by atoms with van der Waals surface area (Å²) in [4.78, 5) is 0. The molecular weight excluding hydrogens is 287 g/mol. The number of halogens is 2. The van der Waals surface area contributed by atoms with Gasteiger partial charge in [-0.3, -0.25) is 0 Å². The van der Waals surface area contributed by atoms with Gasteiger partial charge in [0.2, 0.25) is 0 Å². The maximum atomic E-state index is 13.2. The first kappa shape index (κ1) is 12.6. The first-order valence-electron chi connectivity index (χ1n) is 5.77. The summed E-state index contributed by atoms with van der Waals surface area (Å²) in [5.74, 6) is -0.345. The summed E-state index contributed by atoms with van der Waals surface area (Å²) in [6.45, 7) is 1.54. The molecule has 1 fully saturated rings. The summed E-state index contributed by atoms with van der Waals surface area (Å²) >= 11 is 3.14. The number of hydrogen-bond donors (Lipinski definition) is 2. The van der Waals surface area contributed by atoms with Crippen LogP contribution in [0.25, 0.3) is 0 Å². The van der Waals surface area contributed by atoms with E-state index in [9.17, 15) is 4.39 Å². The van der Waals surface area contributed by atoms with Crippen LogP contribution in [0.4, 0.5) is 15.8 Å². The van der Waals surface area contributed by atoms with E-state index in [0.29, 0.717) is 16.7 Å². The van der Waals surface area contributed by atoms with E-state index in [1.807, 2.05) is 0 Å². The highest BCUT2D eigenvalue weighted by molar-refractivity contribution is 9.10. The first-order chi connectivity index (χ1) is 8.16. The van der Waals surface area contributed by atoms with E-state index in [2.05, 4.69) is 21.2 Å². The molecule has 3 N–H and O–H groups in total. The second-order valence-electron chi connectivity index (χ2n) is 4.22. The van der Waals surface area contributed by atoms with Gasteiger partial charge in [0.1, 0.15) is 5.82 Å². The van der Waals surface area contributed by atoms with Crippen LogP contribution in [-0.2, 0) is 4.74 Å². The molecule has 0 saturated carbocycles. The van der Waals surface area contributed by atoms with Gasteiger partial charge < -0.3 is 15.8 Å². The Hall–Kier alpha value is -0.810. The fraction of sp³-hybridized carbons (Fsp3) is 0.500. The number of anilines is 2. The molecule has 1 aliphatic heterocycles. The first-order valence-corrected chi connectivity index (χ1v) is 6.56. The summed E-state index contributed by atoms with van der Waals surface area (Å²) in [5, 5.41) is 3.20. The molecule has 0 bridgehead atoms. The molecule has 1 aromatic rings. The molecule has 1 saturated heterocycles. The van der Waals surface area contributed by atoms with Crippen molar-refractivity contribution in [2.45, 2.75) is 25.4 Å². The Balaban J connectivity index is 1.96. The van der Waals surface area contributed by atoms with Crippen LogP contribution < -0.4 is 11.1 Å². The molecule has 1 heterocycles. The van der Waals surface area contributed by atoms with Crippen molar-refractivity contribution >= 4 is 27.3 Å². The lowest BCUT2D eigenvalue weighted by Gasteiger charge is -2.23. The molecule has 5 heteroatoms. The fourth-order valence-electron chi connectivity index (χ4n) is 1.91. The van der Waals surface area contributed by atoms with Gasteiger partial charge in [-0.25, -0.2) is 4.39 Å². The van der Waals surface area contributed by atoms with E-state index < -0.39 is 0 Å². The number of nitrogens with one attached hydrogen (secondary N) is 1. The van der Waals surface area contributed by atoms with Gasteiger partial charge in [-0.2, -0.15) is 0 Å². The number of hydrogen-bond acceptors (Lipinski definition) is 3. The smallest absolute Gasteiger partial charge is 0.139 e. The molecule has 0 aliphatic carbocycles. The van der Waals surface area contributed by atoms with Crippen molar-refractivity contribution in [3.05, 3.63) is 22.4 Å². The van der Waals surface area contributed by atoms with Gasteiger partial charge in [0, 0.05) is 19.2 Å². The van der Waals surface area contributed by atoms with Gasteiger partial charge in [0.05, 0.1) is 22.0 Å². The normalized spacial score (nSPS) is 20.2. The lowest BCUT2D eigenvalue weighted by atomic mass is 10.1. The summed E-state index contributed by atoms with van der Waals surface area (Å²) in [5.41, 5.74) is 6.90. The van der Waals surface area contributed by atoms with Gasteiger partial charge >= 0.3 is 0 Å². The molecule has 1 unspecified atom stereocenters. The summed E-state index contributed by atoms with van der Waals surface area (Å²) in [6, 6.07) is 2.97. The molecule has 1 aromatic carbocycles. The quantitative estimate of drug-likeness (QED) is 0.843. The maximum absolute atomic E-state index is 13.2. The molecule has 1 aliphatic rings. The van der Waals surface area contributed by atoms with Crippen LogP contribution in [0.3, 0.4) is 0 Å². The third-order valence-corrected chi connectivity index (χ3v) is 3.49.